The van der Waals surface area contributed by atoms with Crippen molar-refractivity contribution in [2.24, 2.45) is 0 Å². The number of aryl methyl sites for hydroxylation is 1. The van der Waals surface area contributed by atoms with Gasteiger partial charge in [0, 0.05) is 11.3 Å². The first-order valence-electron chi connectivity index (χ1n) is 8.50. The number of H-pyrrole nitrogens is 1. The van der Waals surface area contributed by atoms with E-state index in [-0.39, 0.29) is 35.6 Å². The van der Waals surface area contributed by atoms with Gasteiger partial charge in [-0.1, -0.05) is 18.2 Å². The van der Waals surface area contributed by atoms with E-state index in [2.05, 4.69) is 15.1 Å². The van der Waals surface area contributed by atoms with Crippen LogP contribution in [0.2, 0.25) is 0 Å². The molecular formula is C19H16FN5O2S. The third-order valence-corrected chi connectivity index (χ3v) is 5.30. The summed E-state index contributed by atoms with van der Waals surface area (Å²) < 4.78 is 14.5. The lowest BCUT2D eigenvalue weighted by Crippen LogP contribution is -2.31. The lowest BCUT2D eigenvalue weighted by molar-refractivity contribution is 0.0987. The van der Waals surface area contributed by atoms with Crippen molar-refractivity contribution >= 4 is 29.0 Å². The largest absolute Gasteiger partial charge is 0.277 e. The maximum Gasteiger partial charge on any atom is 0.277 e. The van der Waals surface area contributed by atoms with Gasteiger partial charge in [0.05, 0.1) is 11.4 Å². The standard InChI is InChI=1S/C19H16FN5O2S/c1-11-12(2)21-18-22-19(23-25(18)16(11)26)24(17(27)15-4-3-9-28-15)10-13-5-7-14(20)8-6-13/h3-9H,10H2,1-2H3,(H,21,22,23). The first-order valence-corrected chi connectivity index (χ1v) is 9.38. The lowest BCUT2D eigenvalue weighted by Gasteiger charge is -2.19. The molecule has 3 heterocycles. The molecule has 1 amide bonds. The molecule has 28 heavy (non-hydrogen) atoms. The number of rotatable bonds is 4. The highest BCUT2D eigenvalue weighted by Crippen LogP contribution is 2.20. The number of benzene rings is 1. The van der Waals surface area contributed by atoms with Crippen LogP contribution in [-0.2, 0) is 6.54 Å². The minimum Gasteiger partial charge on any atom is -0.272 e. The minimum atomic E-state index is -0.356. The summed E-state index contributed by atoms with van der Waals surface area (Å²) >= 11 is 1.30. The van der Waals surface area contributed by atoms with Crippen molar-refractivity contribution < 1.29 is 9.18 Å². The van der Waals surface area contributed by atoms with Gasteiger partial charge in [0.2, 0.25) is 5.95 Å². The number of amides is 1. The summed E-state index contributed by atoms with van der Waals surface area (Å²) in [5, 5.41) is 4.68. The van der Waals surface area contributed by atoms with Gasteiger partial charge in [-0.2, -0.15) is 9.50 Å². The zero-order chi connectivity index (χ0) is 19.8. The molecule has 3 aromatic heterocycles. The van der Waals surface area contributed by atoms with Crippen molar-refractivity contribution in [1.82, 2.24) is 19.6 Å². The summed E-state index contributed by atoms with van der Waals surface area (Å²) in [6.45, 7) is 3.58. The van der Waals surface area contributed by atoms with Crippen LogP contribution in [0.25, 0.3) is 5.78 Å². The molecule has 0 spiro atoms. The molecule has 1 aromatic carbocycles. The molecule has 4 aromatic rings. The highest BCUT2D eigenvalue weighted by Gasteiger charge is 2.23. The molecular weight excluding hydrogens is 381 g/mol. The Kier molecular flexibility index (Phi) is 4.52. The van der Waals surface area contributed by atoms with Gasteiger partial charge in [0.15, 0.2) is 0 Å². The van der Waals surface area contributed by atoms with Gasteiger partial charge in [-0.3, -0.25) is 19.6 Å². The number of hydrogen-bond donors (Lipinski definition) is 1. The number of aromatic nitrogens is 4. The van der Waals surface area contributed by atoms with Crippen molar-refractivity contribution in [1.29, 1.82) is 0 Å². The minimum absolute atomic E-state index is 0.156. The number of carbonyl (C=O) groups is 1. The Hall–Kier alpha value is -3.33. The van der Waals surface area contributed by atoms with Crippen LogP contribution in [0, 0.1) is 19.7 Å². The van der Waals surface area contributed by atoms with Crippen molar-refractivity contribution in [3.8, 4) is 0 Å². The smallest absolute Gasteiger partial charge is 0.272 e. The van der Waals surface area contributed by atoms with Gasteiger partial charge in [-0.05, 0) is 43.0 Å². The Morgan fingerprint density at radius 3 is 2.64 bits per heavy atom. The van der Waals surface area contributed by atoms with Gasteiger partial charge in [-0.15, -0.1) is 11.3 Å². The highest BCUT2D eigenvalue weighted by molar-refractivity contribution is 7.12. The Balaban J connectivity index is 1.81. The number of aromatic amines is 1. The highest BCUT2D eigenvalue weighted by atomic mass is 32.1. The molecule has 0 aliphatic carbocycles. The second-order valence-corrected chi connectivity index (χ2v) is 7.25. The molecule has 0 aliphatic rings. The first-order chi connectivity index (χ1) is 13.4. The summed E-state index contributed by atoms with van der Waals surface area (Å²) in [4.78, 5) is 36.2. The van der Waals surface area contributed by atoms with E-state index < -0.39 is 0 Å². The van der Waals surface area contributed by atoms with E-state index in [0.29, 0.717) is 16.1 Å². The molecule has 0 saturated carbocycles. The van der Waals surface area contributed by atoms with Gasteiger partial charge >= 0.3 is 0 Å². The van der Waals surface area contributed by atoms with Crippen molar-refractivity contribution in [3.63, 3.8) is 0 Å². The second-order valence-electron chi connectivity index (χ2n) is 6.31. The quantitative estimate of drug-likeness (QED) is 0.574. The molecule has 0 saturated heterocycles. The zero-order valence-electron chi connectivity index (χ0n) is 15.1. The fourth-order valence-corrected chi connectivity index (χ4v) is 3.43. The van der Waals surface area contributed by atoms with Crippen LogP contribution in [-0.4, -0.2) is 25.5 Å². The predicted octanol–water partition coefficient (Wildman–Crippen LogP) is 3.08. The topological polar surface area (TPSA) is 83.4 Å². The first kappa shape index (κ1) is 18.1. The number of hydrogen-bond acceptors (Lipinski definition) is 5. The van der Waals surface area contributed by atoms with Gasteiger partial charge < -0.3 is 0 Å². The van der Waals surface area contributed by atoms with Crippen LogP contribution in [0.4, 0.5) is 10.3 Å². The molecule has 142 valence electrons. The Labute approximate surface area is 163 Å². The summed E-state index contributed by atoms with van der Waals surface area (Å²) in [6.07, 6.45) is 0. The number of halogens is 1. The van der Waals surface area contributed by atoms with E-state index in [1.165, 1.54) is 32.9 Å². The zero-order valence-corrected chi connectivity index (χ0v) is 16.0. The lowest BCUT2D eigenvalue weighted by atomic mass is 10.2. The van der Waals surface area contributed by atoms with Crippen LogP contribution >= 0.6 is 11.3 Å². The number of anilines is 1. The molecule has 0 fully saturated rings. The summed E-state index contributed by atoms with van der Waals surface area (Å²) in [5.74, 6) is -0.256. The maximum absolute atomic E-state index is 13.2. The van der Waals surface area contributed by atoms with Crippen LogP contribution in [0.15, 0.2) is 46.6 Å². The SMILES string of the molecule is Cc1nc2nc(N(Cc3ccc(F)cc3)C(=O)c3cccs3)[nH]n2c(=O)c1C. The molecule has 0 bridgehead atoms. The second kappa shape index (κ2) is 7.01. The molecule has 1 N–H and O–H groups in total. The summed E-state index contributed by atoms with van der Waals surface area (Å²) in [5.41, 5.74) is 1.53. The number of fused-ring (bicyclic) bond motifs is 1. The predicted molar refractivity (Wildman–Crippen MR) is 104 cm³/mol. The van der Waals surface area contributed by atoms with Gasteiger partial charge in [-0.25, -0.2) is 9.37 Å². The summed E-state index contributed by atoms with van der Waals surface area (Å²) in [6, 6.07) is 9.37. The number of thiophene rings is 1. The monoisotopic (exact) mass is 397 g/mol. The van der Waals surface area contributed by atoms with Gasteiger partial charge in [0.25, 0.3) is 17.2 Å². The van der Waals surface area contributed by atoms with Crippen molar-refractivity contribution in [2.45, 2.75) is 20.4 Å². The van der Waals surface area contributed by atoms with E-state index in [4.69, 9.17) is 0 Å². The maximum atomic E-state index is 13.2. The van der Waals surface area contributed by atoms with Gasteiger partial charge in [0.1, 0.15) is 5.82 Å². The molecule has 4 rings (SSSR count). The normalized spacial score (nSPS) is 11.1. The van der Waals surface area contributed by atoms with Crippen LogP contribution in [0.5, 0.6) is 0 Å². The molecule has 9 heteroatoms. The Morgan fingerprint density at radius 2 is 1.96 bits per heavy atom. The van der Waals surface area contributed by atoms with E-state index in [1.54, 1.807) is 43.5 Å². The van der Waals surface area contributed by atoms with E-state index in [0.717, 1.165) is 5.56 Å². The van der Waals surface area contributed by atoms with Crippen LogP contribution in [0.3, 0.4) is 0 Å². The number of nitrogens with one attached hydrogen (secondary N) is 1. The molecule has 0 atom stereocenters. The van der Waals surface area contributed by atoms with Crippen LogP contribution in [0.1, 0.15) is 26.5 Å². The fourth-order valence-electron chi connectivity index (χ4n) is 2.76. The fraction of sp³-hybridized carbons (Fsp3) is 0.158. The van der Waals surface area contributed by atoms with Crippen molar-refractivity contribution in [3.05, 3.63) is 79.6 Å². The van der Waals surface area contributed by atoms with Crippen LogP contribution < -0.4 is 10.5 Å². The Bertz CT molecular complexity index is 1210. The number of carbonyl (C=O) groups excluding carboxylic acids is 1. The number of nitrogens with zero attached hydrogens (tertiary/aromatic N) is 4. The molecule has 0 radical (unpaired) electrons. The average molecular weight is 397 g/mol. The van der Waals surface area contributed by atoms with Crippen molar-refractivity contribution in [2.75, 3.05) is 4.90 Å². The third kappa shape index (κ3) is 3.20. The summed E-state index contributed by atoms with van der Waals surface area (Å²) in [7, 11) is 0. The van der Waals surface area contributed by atoms with E-state index >= 15 is 0 Å². The third-order valence-electron chi connectivity index (χ3n) is 4.44. The van der Waals surface area contributed by atoms with E-state index in [9.17, 15) is 14.0 Å². The Morgan fingerprint density at radius 1 is 1.21 bits per heavy atom. The van der Waals surface area contributed by atoms with E-state index in [1.807, 2.05) is 0 Å². The average Bonchev–Trinajstić information content (AvgIpc) is 3.35. The molecule has 7 nitrogen and oxygen atoms in total. The molecule has 0 unspecified atom stereocenters. The molecule has 0 aliphatic heterocycles.